The van der Waals surface area contributed by atoms with Gasteiger partial charge in [-0.25, -0.2) is 13.1 Å². The number of nitrogens with one attached hydrogen (secondary N) is 2. The van der Waals surface area contributed by atoms with E-state index in [9.17, 15) is 8.42 Å². The van der Waals surface area contributed by atoms with E-state index in [2.05, 4.69) is 22.2 Å². The Morgan fingerprint density at radius 2 is 1.88 bits per heavy atom. The molecule has 0 spiro atoms. The normalized spacial score (nSPS) is 13.2. The number of hydrogen-bond acceptors (Lipinski definition) is 4. The van der Waals surface area contributed by atoms with E-state index in [0.717, 1.165) is 18.7 Å². The molecule has 5 nitrogen and oxygen atoms in total. The van der Waals surface area contributed by atoms with E-state index >= 15 is 0 Å². The second kappa shape index (κ2) is 7.98. The Morgan fingerprint density at radius 3 is 2.67 bits per heavy atom. The topological polar surface area (TPSA) is 67.4 Å². The lowest BCUT2D eigenvalue weighted by Gasteiger charge is -2.09. The van der Waals surface area contributed by atoms with Crippen LogP contribution in [0.15, 0.2) is 42.5 Å². The van der Waals surface area contributed by atoms with Gasteiger partial charge < -0.3 is 10.1 Å². The highest BCUT2D eigenvalue weighted by atomic mass is 35.5. The van der Waals surface area contributed by atoms with Crippen LogP contribution < -0.4 is 14.8 Å². The summed E-state index contributed by atoms with van der Waals surface area (Å²) in [6.45, 7) is 2.04. The first-order valence-electron chi connectivity index (χ1n) is 7.47. The van der Waals surface area contributed by atoms with Crippen LogP contribution in [0.2, 0.25) is 0 Å². The third kappa shape index (κ3) is 4.70. The van der Waals surface area contributed by atoms with Gasteiger partial charge in [0.25, 0.3) is 0 Å². The van der Waals surface area contributed by atoms with Crippen molar-refractivity contribution < 1.29 is 13.2 Å². The average molecular weight is 369 g/mol. The first-order chi connectivity index (χ1) is 11.1. The lowest BCUT2D eigenvalue weighted by atomic mass is 10.1. The zero-order chi connectivity index (χ0) is 16.3. The fraction of sp³-hybridized carbons (Fsp3) is 0.294. The molecule has 0 bridgehead atoms. The number of rotatable bonds is 6. The van der Waals surface area contributed by atoms with Crippen LogP contribution in [-0.4, -0.2) is 15.5 Å². The molecule has 0 radical (unpaired) electrons. The standard InChI is InChI=1S/C17H20N2O3S.ClH/c1-22-17-4-2-3-14(8-17)12-23(20,21)19-9-13-5-6-15-10-18-11-16(15)7-13;/h2-8,18-19H,9-12H2,1H3;1H. The van der Waals surface area contributed by atoms with Crippen LogP contribution in [0.4, 0.5) is 0 Å². The predicted octanol–water partition coefficient (Wildman–Crippen LogP) is 2.34. The van der Waals surface area contributed by atoms with Crippen molar-refractivity contribution in [3.63, 3.8) is 0 Å². The van der Waals surface area contributed by atoms with Gasteiger partial charge in [-0.15, -0.1) is 12.4 Å². The van der Waals surface area contributed by atoms with Crippen LogP contribution in [-0.2, 0) is 35.4 Å². The average Bonchev–Trinajstić information content (AvgIpc) is 3.00. The van der Waals surface area contributed by atoms with E-state index in [0.29, 0.717) is 17.9 Å². The summed E-state index contributed by atoms with van der Waals surface area (Å²) in [6.07, 6.45) is 0. The highest BCUT2D eigenvalue weighted by molar-refractivity contribution is 7.88. The van der Waals surface area contributed by atoms with E-state index in [4.69, 9.17) is 4.74 Å². The Morgan fingerprint density at radius 1 is 1.08 bits per heavy atom. The summed E-state index contributed by atoms with van der Waals surface area (Å²) in [4.78, 5) is 0. The molecular weight excluding hydrogens is 348 g/mol. The van der Waals surface area contributed by atoms with Gasteiger partial charge in [-0.3, -0.25) is 0 Å². The Hall–Kier alpha value is -1.60. The maximum absolute atomic E-state index is 12.2. The van der Waals surface area contributed by atoms with Crippen LogP contribution >= 0.6 is 12.4 Å². The number of sulfonamides is 1. The fourth-order valence-corrected chi connectivity index (χ4v) is 3.79. The Kier molecular flexibility index (Phi) is 6.23. The lowest BCUT2D eigenvalue weighted by molar-refractivity contribution is 0.414. The van der Waals surface area contributed by atoms with Gasteiger partial charge in [0.05, 0.1) is 12.9 Å². The highest BCUT2D eigenvalue weighted by Gasteiger charge is 2.14. The molecule has 24 heavy (non-hydrogen) atoms. The first kappa shape index (κ1) is 18.7. The molecule has 0 atom stereocenters. The van der Waals surface area contributed by atoms with Gasteiger partial charge >= 0.3 is 0 Å². The summed E-state index contributed by atoms with van der Waals surface area (Å²) in [7, 11) is -1.83. The van der Waals surface area contributed by atoms with Crippen molar-refractivity contribution in [1.29, 1.82) is 0 Å². The van der Waals surface area contributed by atoms with Crippen molar-refractivity contribution in [3.8, 4) is 5.75 Å². The summed E-state index contributed by atoms with van der Waals surface area (Å²) in [5.74, 6) is 0.597. The molecule has 130 valence electrons. The molecule has 3 rings (SSSR count). The Balaban J connectivity index is 0.00000208. The summed E-state index contributed by atoms with van der Waals surface area (Å²) < 4.78 is 32.3. The van der Waals surface area contributed by atoms with Gasteiger partial charge in [0.2, 0.25) is 10.0 Å². The van der Waals surface area contributed by atoms with E-state index in [1.54, 1.807) is 31.4 Å². The molecule has 2 N–H and O–H groups in total. The van der Waals surface area contributed by atoms with Gasteiger partial charge in [-0.2, -0.15) is 0 Å². The molecule has 7 heteroatoms. The molecule has 0 fully saturated rings. The number of halogens is 1. The molecule has 1 aliphatic rings. The van der Waals surface area contributed by atoms with Gasteiger partial charge in [0, 0.05) is 19.6 Å². The third-order valence-electron chi connectivity index (χ3n) is 3.89. The zero-order valence-electron chi connectivity index (χ0n) is 13.4. The molecule has 1 aliphatic heterocycles. The molecular formula is C17H21ClN2O3S. The van der Waals surface area contributed by atoms with Crippen LogP contribution in [0, 0.1) is 0 Å². The van der Waals surface area contributed by atoms with Gasteiger partial charge in [-0.1, -0.05) is 30.3 Å². The first-order valence-corrected chi connectivity index (χ1v) is 9.13. The summed E-state index contributed by atoms with van der Waals surface area (Å²) in [5.41, 5.74) is 4.21. The molecule has 0 aromatic heterocycles. The highest BCUT2D eigenvalue weighted by Crippen LogP contribution is 2.18. The van der Waals surface area contributed by atoms with Crippen molar-refractivity contribution in [2.45, 2.75) is 25.4 Å². The minimum absolute atomic E-state index is 0. The SMILES string of the molecule is COc1cccc(CS(=O)(=O)NCc2ccc3c(c2)CNC3)c1.Cl. The Bertz CT molecular complexity index is 809. The van der Waals surface area contributed by atoms with Crippen LogP contribution in [0.1, 0.15) is 22.3 Å². The van der Waals surface area contributed by atoms with Crippen molar-refractivity contribution in [2.24, 2.45) is 0 Å². The summed E-state index contributed by atoms with van der Waals surface area (Å²) in [6, 6.07) is 13.2. The van der Waals surface area contributed by atoms with Gasteiger partial charge in [0.15, 0.2) is 0 Å². The van der Waals surface area contributed by atoms with Crippen LogP contribution in [0.25, 0.3) is 0 Å². The van der Waals surface area contributed by atoms with Gasteiger partial charge in [-0.05, 0) is 34.4 Å². The quantitative estimate of drug-likeness (QED) is 0.821. The van der Waals surface area contributed by atoms with Gasteiger partial charge in [0.1, 0.15) is 5.75 Å². The van der Waals surface area contributed by atoms with Crippen LogP contribution in [0.3, 0.4) is 0 Å². The number of hydrogen-bond donors (Lipinski definition) is 2. The monoisotopic (exact) mass is 368 g/mol. The largest absolute Gasteiger partial charge is 0.497 e. The zero-order valence-corrected chi connectivity index (χ0v) is 15.0. The smallest absolute Gasteiger partial charge is 0.216 e. The molecule has 2 aromatic carbocycles. The summed E-state index contributed by atoms with van der Waals surface area (Å²) >= 11 is 0. The predicted molar refractivity (Wildman–Crippen MR) is 96.7 cm³/mol. The number of fused-ring (bicyclic) bond motifs is 1. The van der Waals surface area contributed by atoms with Crippen molar-refractivity contribution in [3.05, 3.63) is 64.7 Å². The van der Waals surface area contributed by atoms with Crippen molar-refractivity contribution >= 4 is 22.4 Å². The minimum atomic E-state index is -3.39. The molecule has 0 aliphatic carbocycles. The number of ether oxygens (including phenoxy) is 1. The van der Waals surface area contributed by atoms with Crippen LogP contribution in [0.5, 0.6) is 5.75 Å². The number of benzene rings is 2. The summed E-state index contributed by atoms with van der Waals surface area (Å²) in [5, 5.41) is 3.28. The molecule has 0 amide bonds. The minimum Gasteiger partial charge on any atom is -0.497 e. The van der Waals surface area contributed by atoms with E-state index in [1.807, 2.05) is 6.07 Å². The fourth-order valence-electron chi connectivity index (χ4n) is 2.68. The van der Waals surface area contributed by atoms with Crippen molar-refractivity contribution in [1.82, 2.24) is 10.0 Å². The Labute approximate surface area is 148 Å². The molecule has 2 aromatic rings. The van der Waals surface area contributed by atoms with E-state index in [-0.39, 0.29) is 18.2 Å². The number of methoxy groups -OCH3 is 1. The maximum atomic E-state index is 12.2. The lowest BCUT2D eigenvalue weighted by Crippen LogP contribution is -2.24. The van der Waals surface area contributed by atoms with E-state index < -0.39 is 10.0 Å². The molecule has 1 heterocycles. The maximum Gasteiger partial charge on any atom is 0.216 e. The molecule has 0 saturated carbocycles. The molecule has 0 saturated heterocycles. The second-order valence-electron chi connectivity index (χ2n) is 5.64. The van der Waals surface area contributed by atoms with Crippen molar-refractivity contribution in [2.75, 3.05) is 7.11 Å². The third-order valence-corrected chi connectivity index (χ3v) is 5.19. The molecule has 0 unspecified atom stereocenters. The van der Waals surface area contributed by atoms with E-state index in [1.165, 1.54) is 11.1 Å². The second-order valence-corrected chi connectivity index (χ2v) is 7.45.